The summed E-state index contributed by atoms with van der Waals surface area (Å²) in [5, 5.41) is 0. The lowest BCUT2D eigenvalue weighted by Crippen LogP contribution is -2.01. The highest BCUT2D eigenvalue weighted by Gasteiger charge is 2.28. The first-order chi connectivity index (χ1) is 14.6. The monoisotopic (exact) mass is 399 g/mol. The number of aryl methyl sites for hydroxylation is 2. The molecule has 1 aromatic carbocycles. The number of anilines is 1. The van der Waals surface area contributed by atoms with Crippen LogP contribution < -0.4 is 15.2 Å². The third kappa shape index (κ3) is 3.26. The van der Waals surface area contributed by atoms with E-state index in [1.54, 1.807) is 19.3 Å². The van der Waals surface area contributed by atoms with Gasteiger partial charge in [-0.15, -0.1) is 0 Å². The Labute approximate surface area is 172 Å². The van der Waals surface area contributed by atoms with Crippen molar-refractivity contribution >= 4 is 5.95 Å². The topological polar surface area (TPSA) is 122 Å². The zero-order valence-electron chi connectivity index (χ0n) is 16.3. The molecule has 0 amide bonds. The van der Waals surface area contributed by atoms with Gasteiger partial charge in [0.2, 0.25) is 11.8 Å². The van der Waals surface area contributed by atoms with Crippen molar-refractivity contribution in [3.63, 3.8) is 0 Å². The van der Waals surface area contributed by atoms with Crippen molar-refractivity contribution in [3.8, 4) is 34.5 Å². The van der Waals surface area contributed by atoms with Crippen LogP contribution in [-0.2, 0) is 6.42 Å². The Bertz CT molecular complexity index is 1240. The van der Waals surface area contributed by atoms with E-state index in [1.807, 2.05) is 12.1 Å². The molecule has 30 heavy (non-hydrogen) atoms. The molecule has 0 spiro atoms. The number of benzene rings is 1. The molecule has 0 saturated carbocycles. The Morgan fingerprint density at radius 2 is 1.57 bits per heavy atom. The number of aromatic nitrogens is 6. The van der Waals surface area contributed by atoms with Crippen LogP contribution in [0.15, 0.2) is 43.0 Å². The fourth-order valence-corrected chi connectivity index (χ4v) is 3.35. The van der Waals surface area contributed by atoms with E-state index in [0.717, 1.165) is 16.8 Å². The molecular weight excluding hydrogens is 382 g/mol. The van der Waals surface area contributed by atoms with E-state index in [0.29, 0.717) is 29.6 Å². The summed E-state index contributed by atoms with van der Waals surface area (Å²) in [7, 11) is 0. The average molecular weight is 399 g/mol. The number of hydrogen-bond acceptors (Lipinski definition) is 9. The summed E-state index contributed by atoms with van der Waals surface area (Å²) in [6.45, 7) is 3.88. The SMILES string of the molecule is Cc1ncc(Oc2nc3c(c(Oc4cnc(N)nc4)n2)-c2cccc(C)c2C3)cn1. The minimum absolute atomic E-state index is 0.151. The molecule has 0 fully saturated rings. The molecule has 2 N–H and O–H groups in total. The second-order valence-electron chi connectivity index (χ2n) is 6.86. The van der Waals surface area contributed by atoms with Gasteiger partial charge in [0.15, 0.2) is 11.5 Å². The highest BCUT2D eigenvalue weighted by atomic mass is 16.5. The van der Waals surface area contributed by atoms with Crippen molar-refractivity contribution in [2.45, 2.75) is 20.3 Å². The second kappa shape index (κ2) is 7.03. The van der Waals surface area contributed by atoms with Gasteiger partial charge in [-0.3, -0.25) is 0 Å². The zero-order valence-corrected chi connectivity index (χ0v) is 16.3. The third-order valence-corrected chi connectivity index (χ3v) is 4.78. The standard InChI is InChI=1S/C21H17N7O2/c1-11-4-3-5-15-16(11)6-17-18(15)19(29-13-9-25-20(22)26-10-13)28-21(27-17)30-14-7-23-12(2)24-8-14/h3-5,7-10H,6H2,1-2H3,(H2,22,25,26). The van der Waals surface area contributed by atoms with E-state index in [1.165, 1.54) is 23.5 Å². The van der Waals surface area contributed by atoms with Crippen molar-refractivity contribution in [1.82, 2.24) is 29.9 Å². The summed E-state index contributed by atoms with van der Waals surface area (Å²) >= 11 is 0. The molecule has 148 valence electrons. The van der Waals surface area contributed by atoms with Crippen molar-refractivity contribution in [2.75, 3.05) is 5.73 Å². The zero-order chi connectivity index (χ0) is 20.7. The number of nitrogens with two attached hydrogens (primary N) is 1. The predicted molar refractivity (Wildman–Crippen MR) is 108 cm³/mol. The summed E-state index contributed by atoms with van der Waals surface area (Å²) in [6, 6.07) is 6.28. The molecule has 3 heterocycles. The lowest BCUT2D eigenvalue weighted by atomic mass is 10.0. The molecule has 0 saturated heterocycles. The molecule has 5 rings (SSSR count). The van der Waals surface area contributed by atoms with E-state index in [-0.39, 0.29) is 12.0 Å². The first-order valence-electron chi connectivity index (χ1n) is 9.28. The smallest absolute Gasteiger partial charge is 0.325 e. The number of fused-ring (bicyclic) bond motifs is 3. The van der Waals surface area contributed by atoms with Crippen LogP contribution in [-0.4, -0.2) is 29.9 Å². The van der Waals surface area contributed by atoms with Gasteiger partial charge in [0.1, 0.15) is 5.82 Å². The van der Waals surface area contributed by atoms with Gasteiger partial charge >= 0.3 is 6.01 Å². The summed E-state index contributed by atoms with van der Waals surface area (Å²) < 4.78 is 11.8. The van der Waals surface area contributed by atoms with Gasteiger partial charge in [-0.1, -0.05) is 18.2 Å². The van der Waals surface area contributed by atoms with Crippen molar-refractivity contribution in [1.29, 1.82) is 0 Å². The first kappa shape index (κ1) is 17.9. The maximum absolute atomic E-state index is 6.03. The van der Waals surface area contributed by atoms with Gasteiger partial charge in [-0.05, 0) is 30.5 Å². The Morgan fingerprint density at radius 3 is 2.33 bits per heavy atom. The van der Waals surface area contributed by atoms with Gasteiger partial charge in [-0.2, -0.15) is 9.97 Å². The first-order valence-corrected chi connectivity index (χ1v) is 9.28. The van der Waals surface area contributed by atoms with Crippen LogP contribution in [0.25, 0.3) is 11.1 Å². The number of nitrogens with zero attached hydrogens (tertiary/aromatic N) is 6. The fourth-order valence-electron chi connectivity index (χ4n) is 3.35. The highest BCUT2D eigenvalue weighted by Crippen LogP contribution is 2.44. The molecule has 9 heteroatoms. The lowest BCUT2D eigenvalue weighted by molar-refractivity contribution is 0.407. The fraction of sp³-hybridized carbons (Fsp3) is 0.143. The van der Waals surface area contributed by atoms with E-state index in [2.05, 4.69) is 42.9 Å². The van der Waals surface area contributed by atoms with Crippen LogP contribution in [0.3, 0.4) is 0 Å². The maximum Gasteiger partial charge on any atom is 0.325 e. The van der Waals surface area contributed by atoms with Crippen LogP contribution in [0.4, 0.5) is 5.95 Å². The molecule has 4 aromatic rings. The molecule has 0 atom stereocenters. The predicted octanol–water partition coefficient (Wildman–Crippen LogP) is 3.41. The number of nitrogen functional groups attached to an aromatic ring is 1. The van der Waals surface area contributed by atoms with Crippen LogP contribution in [0.2, 0.25) is 0 Å². The van der Waals surface area contributed by atoms with Crippen LogP contribution in [0.1, 0.15) is 22.6 Å². The Kier molecular flexibility index (Phi) is 4.20. The Morgan fingerprint density at radius 1 is 0.867 bits per heavy atom. The molecule has 9 nitrogen and oxygen atoms in total. The molecular formula is C21H17N7O2. The minimum atomic E-state index is 0.151. The number of hydrogen-bond donors (Lipinski definition) is 1. The Hall–Kier alpha value is -4.14. The largest absolute Gasteiger partial charge is 0.435 e. The molecule has 0 radical (unpaired) electrons. The molecule has 0 unspecified atom stereocenters. The van der Waals surface area contributed by atoms with E-state index in [9.17, 15) is 0 Å². The number of rotatable bonds is 4. The average Bonchev–Trinajstić information content (AvgIpc) is 3.12. The Balaban J connectivity index is 1.59. The van der Waals surface area contributed by atoms with E-state index in [4.69, 9.17) is 15.2 Å². The summed E-state index contributed by atoms with van der Waals surface area (Å²) in [4.78, 5) is 25.4. The van der Waals surface area contributed by atoms with Crippen LogP contribution >= 0.6 is 0 Å². The molecule has 3 aromatic heterocycles. The summed E-state index contributed by atoms with van der Waals surface area (Å²) in [6.07, 6.45) is 6.81. The van der Waals surface area contributed by atoms with Gasteiger partial charge in [0, 0.05) is 6.42 Å². The van der Waals surface area contributed by atoms with Crippen LogP contribution in [0, 0.1) is 13.8 Å². The van der Waals surface area contributed by atoms with Crippen molar-refractivity contribution < 1.29 is 9.47 Å². The maximum atomic E-state index is 6.03. The minimum Gasteiger partial charge on any atom is -0.435 e. The normalized spacial score (nSPS) is 11.7. The van der Waals surface area contributed by atoms with E-state index < -0.39 is 0 Å². The molecule has 1 aliphatic rings. The molecule has 0 bridgehead atoms. The van der Waals surface area contributed by atoms with Gasteiger partial charge in [0.25, 0.3) is 0 Å². The lowest BCUT2D eigenvalue weighted by Gasteiger charge is -2.12. The van der Waals surface area contributed by atoms with Gasteiger partial charge < -0.3 is 15.2 Å². The quantitative estimate of drug-likeness (QED) is 0.484. The third-order valence-electron chi connectivity index (χ3n) is 4.78. The molecule has 0 aliphatic heterocycles. The van der Waals surface area contributed by atoms with Crippen molar-refractivity contribution in [2.24, 2.45) is 0 Å². The summed E-state index contributed by atoms with van der Waals surface area (Å²) in [5.41, 5.74) is 10.6. The van der Waals surface area contributed by atoms with Crippen molar-refractivity contribution in [3.05, 3.63) is 65.6 Å². The van der Waals surface area contributed by atoms with Gasteiger partial charge in [-0.25, -0.2) is 19.9 Å². The van der Waals surface area contributed by atoms with E-state index >= 15 is 0 Å². The van der Waals surface area contributed by atoms with Gasteiger partial charge in [0.05, 0.1) is 36.0 Å². The molecule has 1 aliphatic carbocycles. The second-order valence-corrected chi connectivity index (χ2v) is 6.86. The summed E-state index contributed by atoms with van der Waals surface area (Å²) in [5.74, 6) is 2.03. The number of ether oxygens (including phenoxy) is 2. The van der Waals surface area contributed by atoms with Crippen LogP contribution in [0.5, 0.6) is 23.4 Å². The highest BCUT2D eigenvalue weighted by molar-refractivity contribution is 5.80.